The number of carbonyl (C=O) groups is 1. The second kappa shape index (κ2) is 5.88. The van der Waals surface area contributed by atoms with Gasteiger partial charge in [0.15, 0.2) is 5.76 Å². The fourth-order valence-electron chi connectivity index (χ4n) is 1.78. The van der Waals surface area contributed by atoms with Gasteiger partial charge in [0.1, 0.15) is 11.3 Å². The van der Waals surface area contributed by atoms with Gasteiger partial charge < -0.3 is 9.63 Å². The molecule has 0 saturated carbocycles. The van der Waals surface area contributed by atoms with Crippen LogP contribution in [0.5, 0.6) is 0 Å². The van der Waals surface area contributed by atoms with Crippen molar-refractivity contribution in [3.8, 4) is 11.3 Å². The third-order valence-corrected chi connectivity index (χ3v) is 4.53. The van der Waals surface area contributed by atoms with Gasteiger partial charge in [-0.1, -0.05) is 18.1 Å². The Balaban J connectivity index is 2.55. The summed E-state index contributed by atoms with van der Waals surface area (Å²) in [5.41, 5.74) is 1.22. The number of benzene rings is 1. The van der Waals surface area contributed by atoms with E-state index in [0.29, 0.717) is 23.4 Å². The molecule has 1 aromatic carbocycles. The summed E-state index contributed by atoms with van der Waals surface area (Å²) >= 11 is 6.76. The molecule has 1 heterocycles. The van der Waals surface area contributed by atoms with Gasteiger partial charge in [-0.15, -0.1) is 0 Å². The summed E-state index contributed by atoms with van der Waals surface area (Å²) in [6, 6.07) is 5.44. The normalized spacial score (nSPS) is 10.7. The second-order valence-electron chi connectivity index (χ2n) is 4.01. The molecule has 19 heavy (non-hydrogen) atoms. The summed E-state index contributed by atoms with van der Waals surface area (Å²) in [5.74, 6) is -0.595. The Labute approximate surface area is 127 Å². The highest BCUT2D eigenvalue weighted by Crippen LogP contribution is 2.31. The lowest BCUT2D eigenvalue weighted by Gasteiger charge is -2.01. The molecular weight excluding hydrogens is 378 g/mol. The van der Waals surface area contributed by atoms with Crippen LogP contribution < -0.4 is 0 Å². The van der Waals surface area contributed by atoms with Gasteiger partial charge in [-0.3, -0.25) is 0 Å². The summed E-state index contributed by atoms with van der Waals surface area (Å²) in [6.07, 6.45) is 1.37. The fraction of sp³-hybridized carbons (Fsp3) is 0.231. The van der Waals surface area contributed by atoms with Crippen LogP contribution in [-0.4, -0.2) is 16.2 Å². The highest BCUT2D eigenvalue weighted by atomic mass is 79.9. The molecule has 0 aliphatic heterocycles. The number of carboxylic acids is 1. The molecule has 0 aliphatic rings. The molecule has 2 aromatic rings. The van der Waals surface area contributed by atoms with Crippen LogP contribution in [0.3, 0.4) is 0 Å². The van der Waals surface area contributed by atoms with Crippen LogP contribution in [0.25, 0.3) is 11.3 Å². The van der Waals surface area contributed by atoms with Crippen molar-refractivity contribution in [2.45, 2.75) is 19.8 Å². The van der Waals surface area contributed by atoms with Gasteiger partial charge in [0, 0.05) is 20.9 Å². The van der Waals surface area contributed by atoms with Crippen molar-refractivity contribution in [3.05, 3.63) is 38.5 Å². The first-order chi connectivity index (χ1) is 9.04. The minimum absolute atomic E-state index is 0.149. The first kappa shape index (κ1) is 14.3. The van der Waals surface area contributed by atoms with E-state index in [2.05, 4.69) is 37.0 Å². The summed E-state index contributed by atoms with van der Waals surface area (Å²) in [7, 11) is 0. The molecule has 1 aromatic heterocycles. The summed E-state index contributed by atoms with van der Waals surface area (Å²) in [5, 5.41) is 13.2. The zero-order chi connectivity index (χ0) is 14.0. The van der Waals surface area contributed by atoms with E-state index in [0.717, 1.165) is 15.4 Å². The van der Waals surface area contributed by atoms with Gasteiger partial charge in [0.25, 0.3) is 0 Å². The zero-order valence-electron chi connectivity index (χ0n) is 10.1. The maximum atomic E-state index is 11.4. The summed E-state index contributed by atoms with van der Waals surface area (Å²) in [4.78, 5) is 11.4. The smallest absolute Gasteiger partial charge is 0.341 e. The molecule has 0 fully saturated rings. The molecule has 0 saturated heterocycles. The first-order valence-electron chi connectivity index (χ1n) is 5.71. The van der Waals surface area contributed by atoms with Crippen molar-refractivity contribution < 1.29 is 14.4 Å². The van der Waals surface area contributed by atoms with Crippen molar-refractivity contribution >= 4 is 37.8 Å². The van der Waals surface area contributed by atoms with Crippen LogP contribution in [0.15, 0.2) is 31.7 Å². The van der Waals surface area contributed by atoms with Crippen LogP contribution in [-0.2, 0) is 6.42 Å². The van der Waals surface area contributed by atoms with Gasteiger partial charge >= 0.3 is 5.97 Å². The number of halogens is 2. The average Bonchev–Trinajstić information content (AvgIpc) is 2.77. The topological polar surface area (TPSA) is 63.3 Å². The van der Waals surface area contributed by atoms with E-state index in [1.807, 2.05) is 19.1 Å². The Morgan fingerprint density at radius 3 is 2.68 bits per heavy atom. The Bertz CT molecular complexity index is 622. The number of carboxylic acid groups (broad SMARTS) is 1. The molecule has 0 radical (unpaired) electrons. The lowest BCUT2D eigenvalue weighted by atomic mass is 10.0. The molecule has 0 amide bonds. The van der Waals surface area contributed by atoms with Crippen molar-refractivity contribution in [1.82, 2.24) is 5.16 Å². The van der Waals surface area contributed by atoms with Crippen molar-refractivity contribution in [3.63, 3.8) is 0 Å². The number of aryl methyl sites for hydroxylation is 1. The van der Waals surface area contributed by atoms with Crippen LogP contribution in [0.4, 0.5) is 0 Å². The highest BCUT2D eigenvalue weighted by molar-refractivity contribution is 9.13. The minimum Gasteiger partial charge on any atom is -0.477 e. The first-order valence-corrected chi connectivity index (χ1v) is 7.30. The second-order valence-corrected chi connectivity index (χ2v) is 5.72. The maximum absolute atomic E-state index is 11.4. The molecule has 0 unspecified atom stereocenters. The van der Waals surface area contributed by atoms with Crippen molar-refractivity contribution in [1.29, 1.82) is 0 Å². The number of nitrogens with zero attached hydrogens (tertiary/aromatic N) is 1. The molecule has 100 valence electrons. The standard InChI is InChI=1S/C13H11Br2NO3/c1-2-3-10-11(13(17)18)12(16-19-10)7-4-5-8(14)9(15)6-7/h4-6H,2-3H2,1H3,(H,17,18). The highest BCUT2D eigenvalue weighted by Gasteiger charge is 2.23. The van der Waals surface area contributed by atoms with E-state index >= 15 is 0 Å². The monoisotopic (exact) mass is 387 g/mol. The molecule has 0 aliphatic carbocycles. The minimum atomic E-state index is -1.02. The predicted octanol–water partition coefficient (Wildman–Crippen LogP) is 4.52. The van der Waals surface area contributed by atoms with Crippen LogP contribution in [0.2, 0.25) is 0 Å². The van der Waals surface area contributed by atoms with Gasteiger partial charge in [0.05, 0.1) is 0 Å². The zero-order valence-corrected chi connectivity index (χ0v) is 13.3. The van der Waals surface area contributed by atoms with Crippen LogP contribution in [0, 0.1) is 0 Å². The predicted molar refractivity (Wildman–Crippen MR) is 78.3 cm³/mol. The molecule has 4 nitrogen and oxygen atoms in total. The van der Waals surface area contributed by atoms with Gasteiger partial charge in [-0.2, -0.15) is 0 Å². The summed E-state index contributed by atoms with van der Waals surface area (Å²) < 4.78 is 6.89. The number of aromatic nitrogens is 1. The number of hydrogen-bond acceptors (Lipinski definition) is 3. The van der Waals surface area contributed by atoms with Gasteiger partial charge in [-0.25, -0.2) is 4.79 Å². The average molecular weight is 389 g/mol. The third-order valence-electron chi connectivity index (χ3n) is 2.65. The van der Waals surface area contributed by atoms with E-state index in [1.54, 1.807) is 6.07 Å². The molecule has 6 heteroatoms. The Kier molecular flexibility index (Phi) is 4.42. The fourth-order valence-corrected chi connectivity index (χ4v) is 2.41. The third kappa shape index (κ3) is 2.90. The lowest BCUT2D eigenvalue weighted by Crippen LogP contribution is -2.01. The van der Waals surface area contributed by atoms with Crippen molar-refractivity contribution in [2.75, 3.05) is 0 Å². The molecule has 0 bridgehead atoms. The van der Waals surface area contributed by atoms with Gasteiger partial charge in [-0.05, 0) is 50.4 Å². The number of hydrogen-bond donors (Lipinski definition) is 1. The van der Waals surface area contributed by atoms with Crippen LogP contribution in [0.1, 0.15) is 29.5 Å². The molecule has 0 atom stereocenters. The Hall–Kier alpha value is -1.14. The van der Waals surface area contributed by atoms with E-state index < -0.39 is 5.97 Å². The maximum Gasteiger partial charge on any atom is 0.341 e. The largest absolute Gasteiger partial charge is 0.477 e. The lowest BCUT2D eigenvalue weighted by molar-refractivity contribution is 0.0695. The Morgan fingerprint density at radius 2 is 2.11 bits per heavy atom. The van der Waals surface area contributed by atoms with E-state index in [-0.39, 0.29) is 5.56 Å². The van der Waals surface area contributed by atoms with Gasteiger partial charge in [0.2, 0.25) is 0 Å². The quantitative estimate of drug-likeness (QED) is 0.836. The van der Waals surface area contributed by atoms with E-state index in [4.69, 9.17) is 4.52 Å². The van der Waals surface area contributed by atoms with Crippen LogP contribution >= 0.6 is 31.9 Å². The molecular formula is C13H11Br2NO3. The molecule has 2 rings (SSSR count). The Morgan fingerprint density at radius 1 is 1.37 bits per heavy atom. The number of rotatable bonds is 4. The molecule has 1 N–H and O–H groups in total. The molecule has 0 spiro atoms. The van der Waals surface area contributed by atoms with E-state index in [9.17, 15) is 9.90 Å². The van der Waals surface area contributed by atoms with Crippen molar-refractivity contribution in [2.24, 2.45) is 0 Å². The van der Waals surface area contributed by atoms with E-state index in [1.165, 1.54) is 0 Å². The summed E-state index contributed by atoms with van der Waals surface area (Å²) in [6.45, 7) is 1.96. The SMILES string of the molecule is CCCc1onc(-c2ccc(Br)c(Br)c2)c1C(=O)O. The number of aromatic carboxylic acids is 1.